The van der Waals surface area contributed by atoms with Crippen LogP contribution >= 0.6 is 0 Å². The summed E-state index contributed by atoms with van der Waals surface area (Å²) < 4.78 is 2.39. The maximum absolute atomic E-state index is 5.88. The Morgan fingerprint density at radius 2 is 2.00 bits per heavy atom. The van der Waals surface area contributed by atoms with Crippen LogP contribution in [0.3, 0.4) is 0 Å². The minimum absolute atomic E-state index is 0.0375. The lowest BCUT2D eigenvalue weighted by Crippen LogP contribution is -2.21. The van der Waals surface area contributed by atoms with Gasteiger partial charge in [0.25, 0.3) is 0 Å². The number of hydrogen-bond acceptors (Lipinski definition) is 2. The van der Waals surface area contributed by atoms with Crippen molar-refractivity contribution >= 4 is 16.7 Å². The van der Waals surface area contributed by atoms with Crippen molar-refractivity contribution in [2.45, 2.75) is 58.9 Å². The van der Waals surface area contributed by atoms with E-state index in [4.69, 9.17) is 10.7 Å². The zero-order chi connectivity index (χ0) is 14.2. The number of hydrogen-bond donors (Lipinski definition) is 1. The van der Waals surface area contributed by atoms with Gasteiger partial charge in [0.2, 0.25) is 0 Å². The van der Waals surface area contributed by atoms with Gasteiger partial charge in [0, 0.05) is 17.1 Å². The second-order valence-electron chi connectivity index (χ2n) is 6.44. The summed E-state index contributed by atoms with van der Waals surface area (Å²) in [5.74, 6) is 1.15. The van der Waals surface area contributed by atoms with E-state index in [-0.39, 0.29) is 5.41 Å². The van der Waals surface area contributed by atoms with Gasteiger partial charge in [-0.25, -0.2) is 4.98 Å². The SMILES string of the molecule is CCCC(C)n1c(C(C)(C)C)nc2cc(N)ccc21. The van der Waals surface area contributed by atoms with Gasteiger partial charge in [-0.05, 0) is 31.5 Å². The predicted molar refractivity (Wildman–Crippen MR) is 82.5 cm³/mol. The van der Waals surface area contributed by atoms with Crippen LogP contribution < -0.4 is 5.73 Å². The lowest BCUT2D eigenvalue weighted by atomic mass is 9.95. The zero-order valence-electron chi connectivity index (χ0n) is 12.7. The average Bonchev–Trinajstić information content (AvgIpc) is 2.67. The summed E-state index contributed by atoms with van der Waals surface area (Å²) in [6.45, 7) is 11.1. The highest BCUT2D eigenvalue weighted by molar-refractivity contribution is 5.80. The molecule has 0 saturated heterocycles. The van der Waals surface area contributed by atoms with Crippen molar-refractivity contribution in [3.63, 3.8) is 0 Å². The van der Waals surface area contributed by atoms with Crippen LogP contribution in [-0.2, 0) is 5.41 Å². The van der Waals surface area contributed by atoms with Crippen LogP contribution in [0.25, 0.3) is 11.0 Å². The fourth-order valence-electron chi connectivity index (χ4n) is 2.64. The lowest BCUT2D eigenvalue weighted by molar-refractivity contribution is 0.439. The highest BCUT2D eigenvalue weighted by atomic mass is 15.1. The van der Waals surface area contributed by atoms with Gasteiger partial charge in [0.05, 0.1) is 11.0 Å². The first-order chi connectivity index (χ1) is 8.84. The summed E-state index contributed by atoms with van der Waals surface area (Å²) in [6, 6.07) is 6.50. The minimum Gasteiger partial charge on any atom is -0.399 e. The van der Waals surface area contributed by atoms with Gasteiger partial charge in [0.15, 0.2) is 0 Å². The molecule has 0 saturated carbocycles. The van der Waals surface area contributed by atoms with E-state index in [9.17, 15) is 0 Å². The fourth-order valence-corrected chi connectivity index (χ4v) is 2.64. The molecule has 1 heterocycles. The third-order valence-electron chi connectivity index (χ3n) is 3.53. The second kappa shape index (κ2) is 4.87. The Bertz CT molecular complexity index is 575. The maximum Gasteiger partial charge on any atom is 0.115 e. The molecule has 2 aromatic rings. The van der Waals surface area contributed by atoms with E-state index in [0.29, 0.717) is 6.04 Å². The van der Waals surface area contributed by atoms with Gasteiger partial charge in [-0.15, -0.1) is 0 Å². The largest absolute Gasteiger partial charge is 0.399 e. The number of rotatable bonds is 3. The molecule has 0 radical (unpaired) electrons. The maximum atomic E-state index is 5.88. The standard InChI is InChI=1S/C16H25N3/c1-6-7-11(2)19-14-9-8-12(17)10-13(14)18-15(19)16(3,4)5/h8-11H,6-7,17H2,1-5H3. The number of nitrogens with two attached hydrogens (primary N) is 1. The van der Waals surface area contributed by atoms with Gasteiger partial charge < -0.3 is 10.3 Å². The Hall–Kier alpha value is -1.51. The number of fused-ring (bicyclic) bond motifs is 1. The number of nitrogen functional groups attached to an aromatic ring is 1. The summed E-state index contributed by atoms with van der Waals surface area (Å²) >= 11 is 0. The molecule has 0 aliphatic rings. The highest BCUT2D eigenvalue weighted by Gasteiger charge is 2.25. The van der Waals surface area contributed by atoms with Crippen molar-refractivity contribution in [1.29, 1.82) is 0 Å². The topological polar surface area (TPSA) is 43.8 Å². The van der Waals surface area contributed by atoms with Crippen LogP contribution in [0, 0.1) is 0 Å². The molecule has 0 amide bonds. The van der Waals surface area contributed by atoms with E-state index in [2.05, 4.69) is 45.3 Å². The van der Waals surface area contributed by atoms with Crippen LogP contribution in [0.4, 0.5) is 5.69 Å². The van der Waals surface area contributed by atoms with E-state index in [1.807, 2.05) is 12.1 Å². The van der Waals surface area contributed by atoms with Crippen molar-refractivity contribution < 1.29 is 0 Å². The quantitative estimate of drug-likeness (QED) is 0.836. The number of imidazole rings is 1. The normalized spacial score (nSPS) is 13.9. The molecule has 2 rings (SSSR count). The zero-order valence-corrected chi connectivity index (χ0v) is 12.7. The van der Waals surface area contributed by atoms with Crippen molar-refractivity contribution in [3.8, 4) is 0 Å². The monoisotopic (exact) mass is 259 g/mol. The molecular weight excluding hydrogens is 234 g/mol. The molecule has 0 spiro atoms. The third-order valence-corrected chi connectivity index (χ3v) is 3.53. The first-order valence-corrected chi connectivity index (χ1v) is 7.12. The summed E-state index contributed by atoms with van der Waals surface area (Å²) in [5, 5.41) is 0. The Balaban J connectivity index is 2.68. The summed E-state index contributed by atoms with van der Waals surface area (Å²) in [6.07, 6.45) is 2.35. The first-order valence-electron chi connectivity index (χ1n) is 7.12. The molecule has 1 unspecified atom stereocenters. The molecule has 3 heteroatoms. The van der Waals surface area contributed by atoms with E-state index in [1.54, 1.807) is 0 Å². The Kier molecular flexibility index (Phi) is 3.57. The van der Waals surface area contributed by atoms with Crippen molar-refractivity contribution in [2.24, 2.45) is 0 Å². The Morgan fingerprint density at radius 1 is 1.32 bits per heavy atom. The molecular formula is C16H25N3. The molecule has 0 aliphatic carbocycles. The number of anilines is 1. The van der Waals surface area contributed by atoms with Crippen molar-refractivity contribution in [3.05, 3.63) is 24.0 Å². The van der Waals surface area contributed by atoms with Crippen LogP contribution in [-0.4, -0.2) is 9.55 Å². The van der Waals surface area contributed by atoms with Crippen LogP contribution in [0.5, 0.6) is 0 Å². The van der Waals surface area contributed by atoms with Crippen LogP contribution in [0.2, 0.25) is 0 Å². The minimum atomic E-state index is 0.0375. The number of nitrogens with zero attached hydrogens (tertiary/aromatic N) is 2. The van der Waals surface area contributed by atoms with Crippen LogP contribution in [0.15, 0.2) is 18.2 Å². The molecule has 1 atom stereocenters. The van der Waals surface area contributed by atoms with Gasteiger partial charge >= 0.3 is 0 Å². The molecule has 2 N–H and O–H groups in total. The lowest BCUT2D eigenvalue weighted by Gasteiger charge is -2.24. The van der Waals surface area contributed by atoms with Gasteiger partial charge in [-0.1, -0.05) is 34.1 Å². The summed E-state index contributed by atoms with van der Waals surface area (Å²) in [4.78, 5) is 4.83. The van der Waals surface area contributed by atoms with E-state index in [0.717, 1.165) is 17.0 Å². The van der Waals surface area contributed by atoms with E-state index >= 15 is 0 Å². The molecule has 1 aromatic carbocycles. The third kappa shape index (κ3) is 2.60. The molecule has 0 aliphatic heterocycles. The molecule has 0 fully saturated rings. The van der Waals surface area contributed by atoms with E-state index < -0.39 is 0 Å². The van der Waals surface area contributed by atoms with E-state index in [1.165, 1.54) is 18.4 Å². The van der Waals surface area contributed by atoms with Crippen molar-refractivity contribution in [2.75, 3.05) is 5.73 Å². The van der Waals surface area contributed by atoms with Gasteiger partial charge in [0.1, 0.15) is 5.82 Å². The number of aromatic nitrogens is 2. The second-order valence-corrected chi connectivity index (χ2v) is 6.44. The number of benzene rings is 1. The van der Waals surface area contributed by atoms with Gasteiger partial charge in [-0.2, -0.15) is 0 Å². The Morgan fingerprint density at radius 3 is 2.58 bits per heavy atom. The van der Waals surface area contributed by atoms with Crippen LogP contribution in [0.1, 0.15) is 59.3 Å². The fraction of sp³-hybridized carbons (Fsp3) is 0.562. The molecule has 0 bridgehead atoms. The predicted octanol–water partition coefficient (Wildman–Crippen LogP) is 4.28. The smallest absolute Gasteiger partial charge is 0.115 e. The molecule has 19 heavy (non-hydrogen) atoms. The first kappa shape index (κ1) is 13.9. The molecule has 104 valence electrons. The Labute approximate surface area is 115 Å². The van der Waals surface area contributed by atoms with Crippen molar-refractivity contribution in [1.82, 2.24) is 9.55 Å². The molecule has 1 aromatic heterocycles. The summed E-state index contributed by atoms with van der Waals surface area (Å²) in [7, 11) is 0. The highest BCUT2D eigenvalue weighted by Crippen LogP contribution is 2.31. The average molecular weight is 259 g/mol. The van der Waals surface area contributed by atoms with Gasteiger partial charge in [-0.3, -0.25) is 0 Å². The summed E-state index contributed by atoms with van der Waals surface area (Å²) in [5.41, 5.74) is 8.90. The molecule has 3 nitrogen and oxygen atoms in total.